The number of carbonyl (C=O) groups is 1. The monoisotopic (exact) mass is 344 g/mol. The second-order valence-electron chi connectivity index (χ2n) is 4.46. The van der Waals surface area contributed by atoms with E-state index in [4.69, 9.17) is 11.6 Å². The number of hydrogen-bond donors (Lipinski definition) is 2. The molecule has 1 aromatic carbocycles. The van der Waals surface area contributed by atoms with Gasteiger partial charge in [0.25, 0.3) is 5.91 Å². The van der Waals surface area contributed by atoms with Crippen LogP contribution in [0.5, 0.6) is 0 Å². The van der Waals surface area contributed by atoms with Crippen molar-refractivity contribution in [3.8, 4) is 0 Å². The maximum atomic E-state index is 12.6. The zero-order valence-corrected chi connectivity index (χ0v) is 12.7. The van der Waals surface area contributed by atoms with Crippen LogP contribution in [-0.2, 0) is 6.18 Å². The van der Waals surface area contributed by atoms with E-state index in [1.807, 2.05) is 0 Å². The average molecular weight is 345 g/mol. The second-order valence-corrected chi connectivity index (χ2v) is 4.82. The van der Waals surface area contributed by atoms with Gasteiger partial charge in [-0.3, -0.25) is 4.79 Å². The Hall–Kier alpha value is -2.35. The van der Waals surface area contributed by atoms with Gasteiger partial charge in [0.05, 0.1) is 0 Å². The molecule has 0 aliphatic heterocycles. The molecule has 0 fully saturated rings. The molecule has 5 nitrogen and oxygen atoms in total. The lowest BCUT2D eigenvalue weighted by Crippen LogP contribution is -2.22. The number of aromatic nitrogens is 2. The van der Waals surface area contributed by atoms with E-state index in [0.29, 0.717) is 24.0 Å². The smallest absolute Gasteiger partial charge is 0.352 e. The first-order chi connectivity index (χ1) is 10.8. The van der Waals surface area contributed by atoms with Gasteiger partial charge in [-0.15, -0.1) is 0 Å². The van der Waals surface area contributed by atoms with Crippen LogP contribution in [0.2, 0.25) is 5.15 Å². The molecule has 2 aromatic rings. The molecular formula is C14H12ClF3N4O. The minimum Gasteiger partial charge on any atom is -0.352 e. The van der Waals surface area contributed by atoms with Gasteiger partial charge < -0.3 is 10.6 Å². The Morgan fingerprint density at radius 3 is 2.43 bits per heavy atom. The van der Waals surface area contributed by atoms with E-state index in [9.17, 15) is 18.0 Å². The summed E-state index contributed by atoms with van der Waals surface area (Å²) in [6.45, 7) is 2.32. The molecular weight excluding hydrogens is 333 g/mol. The highest BCUT2D eigenvalue weighted by Crippen LogP contribution is 2.33. The summed E-state index contributed by atoms with van der Waals surface area (Å²) in [5.41, 5.74) is -0.131. The number of nitrogens with one attached hydrogen (secondary N) is 2. The minimum absolute atomic E-state index is 0.0752. The summed E-state index contributed by atoms with van der Waals surface area (Å²) in [5, 5.41) is 4.68. The number of halogens is 4. The third-order valence-corrected chi connectivity index (χ3v) is 3.08. The fourth-order valence-electron chi connectivity index (χ4n) is 1.71. The molecule has 0 aliphatic carbocycles. The van der Waals surface area contributed by atoms with Crippen LogP contribution in [0, 0.1) is 0 Å². The molecule has 2 rings (SSSR count). The maximum Gasteiger partial charge on any atom is 0.420 e. The zero-order chi connectivity index (χ0) is 17.0. The summed E-state index contributed by atoms with van der Waals surface area (Å²) in [6.07, 6.45) is -4.00. The Labute approximate surface area is 134 Å². The molecule has 1 heterocycles. The number of benzene rings is 1. The van der Waals surface area contributed by atoms with Crippen LogP contribution in [-0.4, -0.2) is 22.4 Å². The van der Waals surface area contributed by atoms with Crippen molar-refractivity contribution in [1.29, 1.82) is 0 Å². The molecule has 1 aromatic heterocycles. The quantitative estimate of drug-likeness (QED) is 0.831. The molecule has 9 heteroatoms. The predicted octanol–water partition coefficient (Wildman–Crippen LogP) is 3.64. The minimum atomic E-state index is -4.61. The van der Waals surface area contributed by atoms with Gasteiger partial charge in [-0.05, 0) is 31.2 Å². The molecule has 2 N–H and O–H groups in total. The highest BCUT2D eigenvalue weighted by molar-refractivity contribution is 6.30. The Morgan fingerprint density at radius 2 is 1.91 bits per heavy atom. The molecule has 122 valence electrons. The van der Waals surface area contributed by atoms with Crippen LogP contribution in [0.15, 0.2) is 30.5 Å². The Bertz CT molecular complexity index is 704. The van der Waals surface area contributed by atoms with Gasteiger partial charge in [0.15, 0.2) is 0 Å². The van der Waals surface area contributed by atoms with E-state index in [1.54, 1.807) is 31.2 Å². The van der Waals surface area contributed by atoms with Crippen molar-refractivity contribution in [2.24, 2.45) is 0 Å². The van der Waals surface area contributed by atoms with Gasteiger partial charge in [-0.2, -0.15) is 13.2 Å². The summed E-state index contributed by atoms with van der Waals surface area (Å²) < 4.78 is 37.7. The van der Waals surface area contributed by atoms with Crippen molar-refractivity contribution in [2.45, 2.75) is 13.1 Å². The number of nitrogens with zero attached hydrogens (tertiary/aromatic N) is 2. The zero-order valence-electron chi connectivity index (χ0n) is 11.9. The van der Waals surface area contributed by atoms with Gasteiger partial charge in [0.2, 0.25) is 5.95 Å². The molecule has 1 amide bonds. The van der Waals surface area contributed by atoms with Crippen molar-refractivity contribution >= 4 is 29.1 Å². The molecule has 0 saturated carbocycles. The highest BCUT2D eigenvalue weighted by Gasteiger charge is 2.34. The number of amides is 1. The number of anilines is 2. The van der Waals surface area contributed by atoms with Crippen molar-refractivity contribution in [1.82, 2.24) is 15.3 Å². The van der Waals surface area contributed by atoms with Crippen molar-refractivity contribution < 1.29 is 18.0 Å². The normalized spacial score (nSPS) is 11.2. The third kappa shape index (κ3) is 4.32. The first-order valence-electron chi connectivity index (χ1n) is 6.56. The van der Waals surface area contributed by atoms with E-state index in [0.717, 1.165) is 0 Å². The van der Waals surface area contributed by atoms with E-state index in [2.05, 4.69) is 20.6 Å². The summed E-state index contributed by atoms with van der Waals surface area (Å²) in [6, 6.07) is 6.30. The fourth-order valence-corrected chi connectivity index (χ4v) is 1.94. The maximum absolute atomic E-state index is 12.6. The van der Waals surface area contributed by atoms with Gasteiger partial charge in [-0.1, -0.05) is 11.6 Å². The van der Waals surface area contributed by atoms with Crippen LogP contribution in [0.4, 0.5) is 24.8 Å². The molecule has 0 bridgehead atoms. The van der Waals surface area contributed by atoms with Crippen LogP contribution in [0.1, 0.15) is 22.8 Å². The number of carbonyl (C=O) groups excluding carboxylic acids is 1. The molecule has 0 unspecified atom stereocenters. The summed E-state index contributed by atoms with van der Waals surface area (Å²) in [4.78, 5) is 18.8. The third-order valence-electron chi connectivity index (χ3n) is 2.79. The SMILES string of the molecule is CCNC(=O)c1ccc(Nc2ncc(C(F)(F)F)c(Cl)n2)cc1. The molecule has 0 aliphatic rings. The fraction of sp³-hybridized carbons (Fsp3) is 0.214. The Morgan fingerprint density at radius 1 is 1.26 bits per heavy atom. The Kier molecular flexibility index (Phi) is 5.05. The Balaban J connectivity index is 2.13. The lowest BCUT2D eigenvalue weighted by Gasteiger charge is -2.10. The van der Waals surface area contributed by atoms with E-state index >= 15 is 0 Å². The van der Waals surface area contributed by atoms with Crippen molar-refractivity contribution in [3.63, 3.8) is 0 Å². The number of hydrogen-bond acceptors (Lipinski definition) is 4. The van der Waals surface area contributed by atoms with Crippen LogP contribution in [0.3, 0.4) is 0 Å². The standard InChI is InChI=1S/C14H12ClF3N4O/c1-2-19-12(23)8-3-5-9(6-4-8)21-13-20-7-10(11(15)22-13)14(16,17)18/h3-7H,2H2,1H3,(H,19,23)(H,20,21,22). The highest BCUT2D eigenvalue weighted by atomic mass is 35.5. The van der Waals surface area contributed by atoms with Gasteiger partial charge >= 0.3 is 6.18 Å². The lowest BCUT2D eigenvalue weighted by molar-refractivity contribution is -0.137. The summed E-state index contributed by atoms with van der Waals surface area (Å²) in [7, 11) is 0. The average Bonchev–Trinajstić information content (AvgIpc) is 2.47. The molecule has 0 spiro atoms. The first kappa shape index (κ1) is 17.0. The van der Waals surface area contributed by atoms with E-state index in [1.165, 1.54) is 0 Å². The first-order valence-corrected chi connectivity index (χ1v) is 6.94. The number of rotatable bonds is 4. The van der Waals surface area contributed by atoms with Crippen molar-refractivity contribution in [3.05, 3.63) is 46.7 Å². The van der Waals surface area contributed by atoms with Crippen LogP contribution in [0.25, 0.3) is 0 Å². The molecule has 0 saturated heterocycles. The lowest BCUT2D eigenvalue weighted by atomic mass is 10.2. The van der Waals surface area contributed by atoms with Gasteiger partial charge in [0.1, 0.15) is 10.7 Å². The predicted molar refractivity (Wildman–Crippen MR) is 79.8 cm³/mol. The molecule has 23 heavy (non-hydrogen) atoms. The summed E-state index contributed by atoms with van der Waals surface area (Å²) in [5.74, 6) is -0.290. The van der Waals surface area contributed by atoms with Crippen LogP contribution < -0.4 is 10.6 Å². The van der Waals surface area contributed by atoms with E-state index < -0.39 is 16.9 Å². The number of alkyl halides is 3. The van der Waals surface area contributed by atoms with Crippen LogP contribution >= 0.6 is 11.6 Å². The molecule has 0 atom stereocenters. The summed E-state index contributed by atoms with van der Waals surface area (Å²) >= 11 is 5.52. The van der Waals surface area contributed by atoms with Gasteiger partial charge in [-0.25, -0.2) is 9.97 Å². The van der Waals surface area contributed by atoms with Crippen molar-refractivity contribution in [2.75, 3.05) is 11.9 Å². The largest absolute Gasteiger partial charge is 0.420 e. The van der Waals surface area contributed by atoms with Gasteiger partial charge in [0, 0.05) is 24.0 Å². The molecule has 0 radical (unpaired) electrons. The topological polar surface area (TPSA) is 66.9 Å². The van der Waals surface area contributed by atoms with E-state index in [-0.39, 0.29) is 11.9 Å². The second kappa shape index (κ2) is 6.82.